The molecular formula is C12H17FN2O2S. The number of anilines is 1. The largest absolute Gasteiger partial charge is 0.395 e. The Balaban J connectivity index is 2.54. The van der Waals surface area contributed by atoms with Crippen molar-refractivity contribution in [2.24, 2.45) is 0 Å². The Hall–Kier alpha value is -1.27. The van der Waals surface area contributed by atoms with Crippen LogP contribution < -0.4 is 10.6 Å². The summed E-state index contributed by atoms with van der Waals surface area (Å²) in [6.45, 7) is 1.76. The minimum absolute atomic E-state index is 0.0255. The number of thioether (sulfide) groups is 1. The summed E-state index contributed by atoms with van der Waals surface area (Å²) < 4.78 is 13.3. The molecule has 0 spiro atoms. The van der Waals surface area contributed by atoms with Gasteiger partial charge in [0.25, 0.3) is 0 Å². The first kappa shape index (κ1) is 14.8. The maximum atomic E-state index is 13.3. The van der Waals surface area contributed by atoms with Gasteiger partial charge in [-0.15, -0.1) is 0 Å². The van der Waals surface area contributed by atoms with Crippen molar-refractivity contribution in [3.8, 4) is 0 Å². The summed E-state index contributed by atoms with van der Waals surface area (Å²) in [6.07, 6.45) is 1.85. The molecule has 2 atom stereocenters. The number of nitrogens with one attached hydrogen (secondary N) is 2. The fraction of sp³-hybridized carbons (Fsp3) is 0.417. The molecule has 18 heavy (non-hydrogen) atoms. The highest BCUT2D eigenvalue weighted by molar-refractivity contribution is 7.99. The van der Waals surface area contributed by atoms with Crippen LogP contribution >= 0.6 is 11.8 Å². The number of carbonyl (C=O) groups excluding carboxylic acids is 1. The van der Waals surface area contributed by atoms with Gasteiger partial charge in [-0.05, 0) is 25.3 Å². The topological polar surface area (TPSA) is 61.4 Å². The second-order valence-electron chi connectivity index (χ2n) is 3.82. The van der Waals surface area contributed by atoms with Gasteiger partial charge in [0.15, 0.2) is 0 Å². The van der Waals surface area contributed by atoms with Crippen molar-refractivity contribution in [3.05, 3.63) is 30.1 Å². The van der Waals surface area contributed by atoms with Gasteiger partial charge >= 0.3 is 6.03 Å². The van der Waals surface area contributed by atoms with Crippen LogP contribution in [0.5, 0.6) is 0 Å². The lowest BCUT2D eigenvalue weighted by atomic mass is 10.2. The first-order chi connectivity index (χ1) is 8.58. The molecule has 0 heterocycles. The number of amides is 2. The number of benzene rings is 1. The van der Waals surface area contributed by atoms with Gasteiger partial charge in [-0.2, -0.15) is 11.8 Å². The van der Waals surface area contributed by atoms with E-state index in [9.17, 15) is 9.18 Å². The summed E-state index contributed by atoms with van der Waals surface area (Å²) in [5.74, 6) is -0.483. The number of urea groups is 1. The third kappa shape index (κ3) is 4.19. The molecule has 0 radical (unpaired) electrons. The van der Waals surface area contributed by atoms with Crippen LogP contribution in [-0.2, 0) is 0 Å². The predicted octanol–water partition coefficient (Wildman–Crippen LogP) is 2.06. The summed E-state index contributed by atoms with van der Waals surface area (Å²) >= 11 is 1.46. The number of hydrogen-bond donors (Lipinski definition) is 3. The molecule has 1 rings (SSSR count). The fourth-order valence-electron chi connectivity index (χ4n) is 1.46. The maximum Gasteiger partial charge on any atom is 0.319 e. The van der Waals surface area contributed by atoms with E-state index in [4.69, 9.17) is 5.11 Å². The lowest BCUT2D eigenvalue weighted by Crippen LogP contribution is -2.43. The van der Waals surface area contributed by atoms with E-state index in [1.54, 1.807) is 19.1 Å². The van der Waals surface area contributed by atoms with Gasteiger partial charge in [0.1, 0.15) is 5.82 Å². The van der Waals surface area contributed by atoms with Crippen LogP contribution in [0.4, 0.5) is 14.9 Å². The average molecular weight is 272 g/mol. The Morgan fingerprint density at radius 2 is 2.17 bits per heavy atom. The van der Waals surface area contributed by atoms with E-state index in [-0.39, 0.29) is 23.6 Å². The van der Waals surface area contributed by atoms with E-state index in [2.05, 4.69) is 10.6 Å². The molecule has 0 aromatic heterocycles. The second kappa shape index (κ2) is 7.23. The van der Waals surface area contributed by atoms with Crippen molar-refractivity contribution in [1.29, 1.82) is 0 Å². The van der Waals surface area contributed by atoms with E-state index in [0.717, 1.165) is 0 Å². The molecule has 0 bridgehead atoms. The first-order valence-corrected chi connectivity index (χ1v) is 6.83. The molecule has 0 aliphatic carbocycles. The normalized spacial score (nSPS) is 13.8. The smallest absolute Gasteiger partial charge is 0.319 e. The van der Waals surface area contributed by atoms with Crippen LogP contribution in [0.3, 0.4) is 0 Å². The number of hydrogen-bond acceptors (Lipinski definition) is 3. The highest BCUT2D eigenvalue weighted by Crippen LogP contribution is 2.13. The van der Waals surface area contributed by atoms with E-state index < -0.39 is 11.8 Å². The lowest BCUT2D eigenvalue weighted by molar-refractivity contribution is 0.243. The molecule has 2 unspecified atom stereocenters. The molecule has 0 saturated carbocycles. The Labute approximate surface area is 110 Å². The van der Waals surface area contributed by atoms with Crippen LogP contribution in [-0.4, -0.2) is 35.3 Å². The SMILES string of the molecule is CSC(CO)C(C)NC(=O)Nc1ccccc1F. The van der Waals surface area contributed by atoms with E-state index in [1.807, 2.05) is 6.26 Å². The summed E-state index contributed by atoms with van der Waals surface area (Å²) in [6, 6.07) is 5.25. The van der Waals surface area contributed by atoms with Crippen molar-refractivity contribution in [3.63, 3.8) is 0 Å². The van der Waals surface area contributed by atoms with E-state index in [1.165, 1.54) is 23.9 Å². The standard InChI is InChI=1S/C12H17FN2O2S/c1-8(11(7-16)18-2)14-12(17)15-10-6-4-3-5-9(10)13/h3-6,8,11,16H,7H2,1-2H3,(H2,14,15,17). The third-order valence-electron chi connectivity index (χ3n) is 2.52. The van der Waals surface area contributed by atoms with Gasteiger partial charge in [0.05, 0.1) is 12.3 Å². The lowest BCUT2D eigenvalue weighted by Gasteiger charge is -2.21. The molecule has 0 aliphatic heterocycles. The summed E-state index contributed by atoms with van der Waals surface area (Å²) in [4.78, 5) is 11.6. The van der Waals surface area contributed by atoms with Crippen molar-refractivity contribution in [2.75, 3.05) is 18.2 Å². The predicted molar refractivity (Wildman–Crippen MR) is 72.4 cm³/mol. The van der Waals surface area contributed by atoms with Crippen LogP contribution in [0, 0.1) is 5.82 Å². The molecule has 0 saturated heterocycles. The monoisotopic (exact) mass is 272 g/mol. The molecular weight excluding hydrogens is 255 g/mol. The quantitative estimate of drug-likeness (QED) is 0.769. The van der Waals surface area contributed by atoms with Crippen molar-refractivity contribution in [1.82, 2.24) is 5.32 Å². The Morgan fingerprint density at radius 1 is 1.50 bits per heavy atom. The Morgan fingerprint density at radius 3 is 2.72 bits per heavy atom. The van der Waals surface area contributed by atoms with Gasteiger partial charge in [-0.25, -0.2) is 9.18 Å². The van der Waals surface area contributed by atoms with Crippen molar-refractivity contribution in [2.45, 2.75) is 18.2 Å². The number of para-hydroxylation sites is 1. The first-order valence-electron chi connectivity index (χ1n) is 5.54. The van der Waals surface area contributed by atoms with Crippen molar-refractivity contribution < 1.29 is 14.3 Å². The summed E-state index contributed by atoms with van der Waals surface area (Å²) in [5, 5.41) is 14.1. The van der Waals surface area contributed by atoms with Crippen LogP contribution in [0.2, 0.25) is 0 Å². The van der Waals surface area contributed by atoms with Crippen LogP contribution in [0.15, 0.2) is 24.3 Å². The summed E-state index contributed by atoms with van der Waals surface area (Å²) in [7, 11) is 0. The molecule has 0 aliphatic rings. The molecule has 0 fully saturated rings. The number of aliphatic hydroxyl groups excluding tert-OH is 1. The summed E-state index contributed by atoms with van der Waals surface area (Å²) in [5.41, 5.74) is 0.131. The highest BCUT2D eigenvalue weighted by atomic mass is 32.2. The number of aliphatic hydroxyl groups is 1. The van der Waals surface area contributed by atoms with Crippen molar-refractivity contribution >= 4 is 23.5 Å². The fourth-order valence-corrected chi connectivity index (χ4v) is 2.08. The van der Waals surface area contributed by atoms with Crippen LogP contribution in [0.25, 0.3) is 0 Å². The molecule has 1 aromatic rings. The minimum atomic E-state index is -0.486. The third-order valence-corrected chi connectivity index (χ3v) is 3.68. The minimum Gasteiger partial charge on any atom is -0.395 e. The molecule has 3 N–H and O–H groups in total. The molecule has 2 amide bonds. The van der Waals surface area contributed by atoms with Gasteiger partial charge in [0, 0.05) is 11.3 Å². The molecule has 6 heteroatoms. The zero-order valence-corrected chi connectivity index (χ0v) is 11.1. The Bertz CT molecular complexity index is 399. The molecule has 4 nitrogen and oxygen atoms in total. The van der Waals surface area contributed by atoms with Gasteiger partial charge in [-0.1, -0.05) is 12.1 Å². The highest BCUT2D eigenvalue weighted by Gasteiger charge is 2.17. The van der Waals surface area contributed by atoms with Crippen LogP contribution in [0.1, 0.15) is 6.92 Å². The number of halogens is 1. The molecule has 1 aromatic carbocycles. The second-order valence-corrected chi connectivity index (χ2v) is 4.90. The maximum absolute atomic E-state index is 13.3. The van der Waals surface area contributed by atoms with Gasteiger partial charge in [-0.3, -0.25) is 0 Å². The van der Waals surface area contributed by atoms with E-state index in [0.29, 0.717) is 0 Å². The average Bonchev–Trinajstić information content (AvgIpc) is 2.33. The van der Waals surface area contributed by atoms with E-state index >= 15 is 0 Å². The van der Waals surface area contributed by atoms with Gasteiger partial charge < -0.3 is 15.7 Å². The molecule has 100 valence electrons. The van der Waals surface area contributed by atoms with Gasteiger partial charge in [0.2, 0.25) is 0 Å². The zero-order valence-electron chi connectivity index (χ0n) is 10.3. The Kier molecular flexibility index (Phi) is 5.94. The number of carbonyl (C=O) groups is 1. The number of rotatable bonds is 5. The zero-order chi connectivity index (χ0) is 13.5.